The van der Waals surface area contributed by atoms with Crippen LogP contribution in [-0.2, 0) is 13.5 Å². The van der Waals surface area contributed by atoms with Gasteiger partial charge in [0.2, 0.25) is 5.69 Å². The molecule has 0 radical (unpaired) electrons. The number of benzene rings is 4. The third-order valence-electron chi connectivity index (χ3n) is 7.64. The summed E-state index contributed by atoms with van der Waals surface area (Å²) in [5, 5.41) is 12.3. The smallest absolute Gasteiger partial charge is 0.216 e. The summed E-state index contributed by atoms with van der Waals surface area (Å²) in [6.45, 7) is 8.92. The average Bonchev–Trinajstić information content (AvgIpc) is 3.32. The minimum atomic E-state index is 0.189. The number of aryl methyl sites for hydroxylation is 2. The normalized spacial score (nSPS) is 11.7. The zero-order valence-electron chi connectivity index (χ0n) is 23.7. The van der Waals surface area contributed by atoms with Gasteiger partial charge in [0, 0.05) is 28.5 Å². The van der Waals surface area contributed by atoms with Crippen LogP contribution in [0.2, 0.25) is 0 Å². The third kappa shape index (κ3) is 4.56. The molecule has 0 aliphatic heterocycles. The molecular weight excluding hydrogens is 488 g/mol. The molecule has 3 heteroatoms. The quantitative estimate of drug-likeness (QED) is 0.217. The molecule has 6 aromatic rings. The molecular formula is C37H33N2O+. The fourth-order valence-corrected chi connectivity index (χ4v) is 5.73. The molecule has 0 N–H and O–H groups in total. The Bertz CT molecular complexity index is 1910. The van der Waals surface area contributed by atoms with Crippen molar-refractivity contribution in [3.63, 3.8) is 0 Å². The Morgan fingerprint density at radius 3 is 2.12 bits per heavy atom. The van der Waals surface area contributed by atoms with E-state index in [4.69, 9.17) is 4.42 Å². The van der Waals surface area contributed by atoms with E-state index in [1.165, 1.54) is 11.1 Å². The second kappa shape index (κ2) is 9.81. The Balaban J connectivity index is 1.52. The molecule has 0 aliphatic carbocycles. The lowest BCUT2D eigenvalue weighted by molar-refractivity contribution is -0.660. The first-order valence-corrected chi connectivity index (χ1v) is 13.8. The summed E-state index contributed by atoms with van der Waals surface area (Å²) in [6.07, 6.45) is 3.12. The Morgan fingerprint density at radius 1 is 0.775 bits per heavy atom. The number of hydrogen-bond donors (Lipinski definition) is 0. The van der Waals surface area contributed by atoms with Crippen molar-refractivity contribution in [1.82, 2.24) is 0 Å². The van der Waals surface area contributed by atoms with Gasteiger partial charge < -0.3 is 4.42 Å². The first-order valence-electron chi connectivity index (χ1n) is 13.8. The average molecular weight is 522 g/mol. The van der Waals surface area contributed by atoms with Crippen LogP contribution < -0.4 is 4.57 Å². The lowest BCUT2D eigenvalue weighted by atomic mass is 9.87. The van der Waals surface area contributed by atoms with Crippen LogP contribution in [0, 0.1) is 23.7 Å². The molecule has 0 amide bonds. The second-order valence-electron chi connectivity index (χ2n) is 11.9. The van der Waals surface area contributed by atoms with Gasteiger partial charge in [-0.2, -0.15) is 5.26 Å². The van der Waals surface area contributed by atoms with Crippen LogP contribution in [0.25, 0.3) is 55.4 Å². The van der Waals surface area contributed by atoms with Gasteiger partial charge in [-0.3, -0.25) is 0 Å². The maximum absolute atomic E-state index is 10.4. The number of nitriles is 1. The van der Waals surface area contributed by atoms with Crippen LogP contribution in [0.5, 0.6) is 0 Å². The van der Waals surface area contributed by atoms with Crippen LogP contribution in [-0.4, -0.2) is 0 Å². The van der Waals surface area contributed by atoms with Crippen molar-refractivity contribution in [2.45, 2.75) is 34.1 Å². The molecule has 40 heavy (non-hydrogen) atoms. The van der Waals surface area contributed by atoms with Crippen molar-refractivity contribution in [1.29, 1.82) is 5.26 Å². The Kier molecular flexibility index (Phi) is 6.28. The maximum atomic E-state index is 10.4. The van der Waals surface area contributed by atoms with Gasteiger partial charge in [-0.15, -0.1) is 0 Å². The van der Waals surface area contributed by atoms with Gasteiger partial charge in [-0.1, -0.05) is 93.6 Å². The minimum Gasteiger partial charge on any atom is -0.454 e. The highest BCUT2D eigenvalue weighted by Gasteiger charge is 2.24. The molecule has 3 nitrogen and oxygen atoms in total. The summed E-state index contributed by atoms with van der Waals surface area (Å²) in [7, 11) is 2.08. The summed E-state index contributed by atoms with van der Waals surface area (Å²) >= 11 is 0. The van der Waals surface area contributed by atoms with Crippen LogP contribution >= 0.6 is 0 Å². The van der Waals surface area contributed by atoms with Gasteiger partial charge in [-0.25, -0.2) is 4.57 Å². The first-order chi connectivity index (χ1) is 19.2. The first kappa shape index (κ1) is 25.6. The Labute approximate surface area is 236 Å². The number of pyridine rings is 1. The highest BCUT2D eigenvalue weighted by Crippen LogP contribution is 2.41. The molecule has 196 valence electrons. The molecule has 0 atom stereocenters. The zero-order valence-corrected chi connectivity index (χ0v) is 23.7. The summed E-state index contributed by atoms with van der Waals surface area (Å²) < 4.78 is 8.81. The SMILES string of the molecule is Cc1ccc2c(oc3c(C#N)c(-c4ccc(-c5ccccc5)cc4)ccc32)c1-c1cc(CC(C)(C)C)cc[n+]1C. The monoisotopic (exact) mass is 521 g/mol. The molecule has 0 unspecified atom stereocenters. The van der Waals surface area contributed by atoms with Gasteiger partial charge in [0.25, 0.3) is 0 Å². The highest BCUT2D eigenvalue weighted by atomic mass is 16.3. The van der Waals surface area contributed by atoms with Crippen LogP contribution in [0.15, 0.2) is 102 Å². The number of fused-ring (bicyclic) bond motifs is 3. The summed E-state index contributed by atoms with van der Waals surface area (Å²) in [6, 6.07) is 34.1. The van der Waals surface area contributed by atoms with Crippen molar-refractivity contribution in [2.75, 3.05) is 0 Å². The maximum Gasteiger partial charge on any atom is 0.216 e. The van der Waals surface area contributed by atoms with Crippen LogP contribution in [0.3, 0.4) is 0 Å². The van der Waals surface area contributed by atoms with Crippen LogP contribution in [0.1, 0.15) is 37.5 Å². The van der Waals surface area contributed by atoms with E-state index in [0.717, 1.165) is 56.3 Å². The van der Waals surface area contributed by atoms with E-state index in [2.05, 4.69) is 124 Å². The van der Waals surface area contributed by atoms with Gasteiger partial charge >= 0.3 is 0 Å². The van der Waals surface area contributed by atoms with E-state index in [9.17, 15) is 5.26 Å². The lowest BCUT2D eigenvalue weighted by Crippen LogP contribution is -2.31. The number of rotatable bonds is 4. The topological polar surface area (TPSA) is 40.8 Å². The number of nitrogens with zero attached hydrogens (tertiary/aromatic N) is 2. The van der Waals surface area contributed by atoms with E-state index in [-0.39, 0.29) is 5.41 Å². The van der Waals surface area contributed by atoms with E-state index in [0.29, 0.717) is 11.1 Å². The Morgan fingerprint density at radius 2 is 1.43 bits per heavy atom. The molecule has 0 spiro atoms. The molecule has 0 fully saturated rings. The van der Waals surface area contributed by atoms with E-state index < -0.39 is 0 Å². The molecule has 4 aromatic carbocycles. The second-order valence-corrected chi connectivity index (χ2v) is 11.9. The predicted molar refractivity (Wildman–Crippen MR) is 164 cm³/mol. The van der Waals surface area contributed by atoms with Crippen molar-refractivity contribution < 1.29 is 8.98 Å². The van der Waals surface area contributed by atoms with Gasteiger partial charge in [0.1, 0.15) is 24.3 Å². The molecule has 2 heterocycles. The van der Waals surface area contributed by atoms with Crippen molar-refractivity contribution in [2.24, 2.45) is 12.5 Å². The van der Waals surface area contributed by atoms with Crippen LogP contribution in [0.4, 0.5) is 0 Å². The van der Waals surface area contributed by atoms with Crippen molar-refractivity contribution >= 4 is 21.9 Å². The molecule has 0 saturated heterocycles. The molecule has 2 aromatic heterocycles. The van der Waals surface area contributed by atoms with E-state index >= 15 is 0 Å². The number of hydrogen-bond acceptors (Lipinski definition) is 2. The standard InChI is InChI=1S/C37H33N2O/c1-24-11-16-31-30-18-17-29(28-14-12-27(13-15-28)26-9-7-6-8-10-26)32(23-38)35(30)40-36(31)34(24)33-21-25(19-20-39(33)5)22-37(2,3)4/h6-21H,22H2,1-5H3/q+1. The van der Waals surface area contributed by atoms with Crippen molar-refractivity contribution in [3.8, 4) is 39.6 Å². The summed E-state index contributed by atoms with van der Waals surface area (Å²) in [5.74, 6) is 0. The molecule has 0 aliphatic rings. The summed E-state index contributed by atoms with van der Waals surface area (Å²) in [5.41, 5.74) is 11.0. The predicted octanol–water partition coefficient (Wildman–Crippen LogP) is 9.18. The van der Waals surface area contributed by atoms with Gasteiger partial charge in [0.15, 0.2) is 11.8 Å². The molecule has 0 saturated carbocycles. The van der Waals surface area contributed by atoms with Crippen molar-refractivity contribution in [3.05, 3.63) is 114 Å². The number of aromatic nitrogens is 1. The summed E-state index contributed by atoms with van der Waals surface area (Å²) in [4.78, 5) is 0. The number of furan rings is 1. The largest absolute Gasteiger partial charge is 0.454 e. The fourth-order valence-electron chi connectivity index (χ4n) is 5.73. The van der Waals surface area contributed by atoms with E-state index in [1.807, 2.05) is 18.2 Å². The van der Waals surface area contributed by atoms with Gasteiger partial charge in [0.05, 0.1) is 5.56 Å². The lowest BCUT2D eigenvalue weighted by Gasteiger charge is -2.18. The van der Waals surface area contributed by atoms with E-state index in [1.54, 1.807) is 0 Å². The highest BCUT2D eigenvalue weighted by molar-refractivity contribution is 6.12. The minimum absolute atomic E-state index is 0.189. The fraction of sp³-hybridized carbons (Fsp3) is 0.189. The third-order valence-corrected chi connectivity index (χ3v) is 7.64. The Hall–Kier alpha value is -4.68. The van der Waals surface area contributed by atoms with Gasteiger partial charge in [-0.05, 0) is 52.6 Å². The molecule has 0 bridgehead atoms. The molecule has 6 rings (SSSR count). The zero-order chi connectivity index (χ0) is 28.0.